The topological polar surface area (TPSA) is 84.1 Å². The quantitative estimate of drug-likeness (QED) is 0.705. The summed E-state index contributed by atoms with van der Waals surface area (Å²) in [7, 11) is 0. The molecule has 0 unspecified atom stereocenters. The minimum absolute atomic E-state index is 0.00530. The van der Waals surface area contributed by atoms with Gasteiger partial charge in [0.25, 0.3) is 5.56 Å². The van der Waals surface area contributed by atoms with Crippen LogP contribution in [0.1, 0.15) is 22.6 Å². The lowest BCUT2D eigenvalue weighted by atomic mass is 10.1. The van der Waals surface area contributed by atoms with Crippen LogP contribution in [0.4, 0.5) is 0 Å². The van der Waals surface area contributed by atoms with Crippen LogP contribution in [-0.2, 0) is 17.8 Å². The van der Waals surface area contributed by atoms with Gasteiger partial charge in [-0.25, -0.2) is 4.98 Å². The second kappa shape index (κ2) is 8.31. The van der Waals surface area contributed by atoms with Crippen LogP contribution in [0.5, 0.6) is 11.5 Å². The molecule has 3 rings (SSSR count). The number of carbonyl (C=O) groups excluding carboxylic acids is 1. The van der Waals surface area contributed by atoms with Crippen LogP contribution in [0.25, 0.3) is 0 Å². The molecule has 3 aromatic rings. The van der Waals surface area contributed by atoms with Crippen molar-refractivity contribution in [1.82, 2.24) is 15.3 Å². The third-order valence-electron chi connectivity index (χ3n) is 4.05. The van der Waals surface area contributed by atoms with Crippen molar-refractivity contribution >= 4 is 5.91 Å². The number of aromatic amines is 1. The minimum Gasteiger partial charge on any atom is -0.457 e. The first kappa shape index (κ1) is 18.4. The molecule has 1 aromatic heterocycles. The van der Waals surface area contributed by atoms with Gasteiger partial charge in [-0.1, -0.05) is 30.3 Å². The average molecular weight is 363 g/mol. The predicted octanol–water partition coefficient (Wildman–Crippen LogP) is 3.04. The highest BCUT2D eigenvalue weighted by Crippen LogP contribution is 2.21. The van der Waals surface area contributed by atoms with Crippen LogP contribution in [0.2, 0.25) is 0 Å². The Morgan fingerprint density at radius 3 is 2.56 bits per heavy atom. The van der Waals surface area contributed by atoms with Gasteiger partial charge in [0.1, 0.15) is 17.3 Å². The van der Waals surface area contributed by atoms with Gasteiger partial charge in [0.2, 0.25) is 5.91 Å². The van der Waals surface area contributed by atoms with Crippen molar-refractivity contribution in [2.24, 2.45) is 0 Å². The molecule has 0 radical (unpaired) electrons. The van der Waals surface area contributed by atoms with Gasteiger partial charge < -0.3 is 15.0 Å². The second-order valence-corrected chi connectivity index (χ2v) is 6.23. The van der Waals surface area contributed by atoms with E-state index in [0.29, 0.717) is 29.4 Å². The summed E-state index contributed by atoms with van der Waals surface area (Å²) in [4.78, 5) is 31.1. The maximum Gasteiger partial charge on any atom is 0.254 e. The standard InChI is InChI=1S/C21H21N3O3/c1-14-19(21(26)24-15(2)23-14)12-20(25)22-13-16-7-6-10-18(11-16)27-17-8-4-3-5-9-17/h3-11H,12-13H2,1-2H3,(H,22,25)(H,23,24,26). The summed E-state index contributed by atoms with van der Waals surface area (Å²) in [6, 6.07) is 17.0. The molecule has 1 amide bonds. The number of hydrogen-bond donors (Lipinski definition) is 2. The van der Waals surface area contributed by atoms with E-state index in [4.69, 9.17) is 4.74 Å². The Labute approximate surface area is 157 Å². The van der Waals surface area contributed by atoms with Gasteiger partial charge in [-0.15, -0.1) is 0 Å². The molecule has 1 heterocycles. The van der Waals surface area contributed by atoms with Crippen LogP contribution >= 0.6 is 0 Å². The van der Waals surface area contributed by atoms with Gasteiger partial charge >= 0.3 is 0 Å². The number of amides is 1. The molecule has 0 bridgehead atoms. The first-order valence-electron chi connectivity index (χ1n) is 8.66. The Kier molecular flexibility index (Phi) is 5.66. The van der Waals surface area contributed by atoms with E-state index in [-0.39, 0.29) is 17.9 Å². The molecule has 0 aliphatic carbocycles. The molecule has 27 heavy (non-hydrogen) atoms. The number of rotatable bonds is 6. The number of aryl methyl sites for hydroxylation is 2. The molecular formula is C21H21N3O3. The molecule has 2 aromatic carbocycles. The zero-order valence-electron chi connectivity index (χ0n) is 15.3. The Bertz CT molecular complexity index is 997. The molecule has 6 nitrogen and oxygen atoms in total. The number of para-hydroxylation sites is 1. The number of carbonyl (C=O) groups is 1. The highest BCUT2D eigenvalue weighted by Gasteiger charge is 2.11. The van der Waals surface area contributed by atoms with E-state index in [2.05, 4.69) is 15.3 Å². The van der Waals surface area contributed by atoms with Crippen molar-refractivity contribution in [3.63, 3.8) is 0 Å². The molecule has 2 N–H and O–H groups in total. The summed E-state index contributed by atoms with van der Waals surface area (Å²) in [6.07, 6.45) is -0.00530. The van der Waals surface area contributed by atoms with Gasteiger partial charge in [-0.05, 0) is 43.7 Å². The molecule has 0 fully saturated rings. The molecular weight excluding hydrogens is 342 g/mol. The Morgan fingerprint density at radius 1 is 1.07 bits per heavy atom. The monoisotopic (exact) mass is 363 g/mol. The summed E-state index contributed by atoms with van der Waals surface area (Å²) >= 11 is 0. The summed E-state index contributed by atoms with van der Waals surface area (Å²) in [5.74, 6) is 1.75. The number of aromatic nitrogens is 2. The van der Waals surface area contributed by atoms with Crippen molar-refractivity contribution in [3.8, 4) is 11.5 Å². The zero-order chi connectivity index (χ0) is 19.2. The highest BCUT2D eigenvalue weighted by molar-refractivity contribution is 5.78. The minimum atomic E-state index is -0.270. The third-order valence-corrected chi connectivity index (χ3v) is 4.05. The third kappa shape index (κ3) is 5.04. The van der Waals surface area contributed by atoms with E-state index in [0.717, 1.165) is 11.3 Å². The Morgan fingerprint density at radius 2 is 1.81 bits per heavy atom. The van der Waals surface area contributed by atoms with Gasteiger partial charge in [-0.2, -0.15) is 0 Å². The van der Waals surface area contributed by atoms with Crippen molar-refractivity contribution in [1.29, 1.82) is 0 Å². The Balaban J connectivity index is 1.61. The van der Waals surface area contributed by atoms with Crippen LogP contribution < -0.4 is 15.6 Å². The SMILES string of the molecule is Cc1nc(C)c(CC(=O)NCc2cccc(Oc3ccccc3)c2)c(=O)[nH]1. The number of H-pyrrole nitrogens is 1. The van der Waals surface area contributed by atoms with Gasteiger partial charge in [0.15, 0.2) is 0 Å². The smallest absolute Gasteiger partial charge is 0.254 e. The lowest BCUT2D eigenvalue weighted by Gasteiger charge is -2.09. The highest BCUT2D eigenvalue weighted by atomic mass is 16.5. The summed E-state index contributed by atoms with van der Waals surface area (Å²) in [5, 5.41) is 2.83. The normalized spacial score (nSPS) is 10.4. The van der Waals surface area contributed by atoms with E-state index < -0.39 is 0 Å². The van der Waals surface area contributed by atoms with Gasteiger partial charge in [0, 0.05) is 17.8 Å². The lowest BCUT2D eigenvalue weighted by Crippen LogP contribution is -2.29. The second-order valence-electron chi connectivity index (χ2n) is 6.23. The summed E-state index contributed by atoms with van der Waals surface area (Å²) in [5.41, 5.74) is 1.60. The van der Waals surface area contributed by atoms with Crippen molar-refractivity contribution in [2.75, 3.05) is 0 Å². The first-order valence-corrected chi connectivity index (χ1v) is 8.66. The molecule has 0 aliphatic heterocycles. The maximum atomic E-state index is 12.2. The lowest BCUT2D eigenvalue weighted by molar-refractivity contribution is -0.120. The summed E-state index contributed by atoms with van der Waals surface area (Å²) in [6.45, 7) is 3.79. The fraction of sp³-hybridized carbons (Fsp3) is 0.190. The molecule has 0 saturated carbocycles. The van der Waals surface area contributed by atoms with Crippen molar-refractivity contribution < 1.29 is 9.53 Å². The molecule has 0 saturated heterocycles. The fourth-order valence-electron chi connectivity index (χ4n) is 2.73. The maximum absolute atomic E-state index is 12.2. The number of benzene rings is 2. The average Bonchev–Trinajstić information content (AvgIpc) is 2.64. The van der Waals surface area contributed by atoms with E-state index in [1.54, 1.807) is 13.8 Å². The molecule has 0 atom stereocenters. The predicted molar refractivity (Wildman–Crippen MR) is 103 cm³/mol. The van der Waals surface area contributed by atoms with Crippen LogP contribution in [0.15, 0.2) is 59.4 Å². The van der Waals surface area contributed by atoms with Crippen LogP contribution in [0, 0.1) is 13.8 Å². The fourth-order valence-corrected chi connectivity index (χ4v) is 2.73. The van der Waals surface area contributed by atoms with Crippen molar-refractivity contribution in [2.45, 2.75) is 26.8 Å². The van der Waals surface area contributed by atoms with Crippen LogP contribution in [-0.4, -0.2) is 15.9 Å². The molecule has 6 heteroatoms. The van der Waals surface area contributed by atoms with E-state index >= 15 is 0 Å². The molecule has 138 valence electrons. The number of hydrogen-bond acceptors (Lipinski definition) is 4. The number of nitrogens with zero attached hydrogens (tertiary/aromatic N) is 1. The first-order chi connectivity index (χ1) is 13.0. The number of nitrogens with one attached hydrogen (secondary N) is 2. The zero-order valence-corrected chi connectivity index (χ0v) is 15.3. The molecule has 0 aliphatic rings. The van der Waals surface area contributed by atoms with E-state index in [9.17, 15) is 9.59 Å². The Hall–Kier alpha value is -3.41. The largest absolute Gasteiger partial charge is 0.457 e. The summed E-state index contributed by atoms with van der Waals surface area (Å²) < 4.78 is 5.80. The molecule has 0 spiro atoms. The van der Waals surface area contributed by atoms with E-state index in [1.165, 1.54) is 0 Å². The van der Waals surface area contributed by atoms with Crippen molar-refractivity contribution in [3.05, 3.63) is 87.6 Å². The number of ether oxygens (including phenoxy) is 1. The van der Waals surface area contributed by atoms with Gasteiger partial charge in [0.05, 0.1) is 6.42 Å². The van der Waals surface area contributed by atoms with E-state index in [1.807, 2.05) is 54.6 Å². The van der Waals surface area contributed by atoms with Crippen LogP contribution in [0.3, 0.4) is 0 Å². The van der Waals surface area contributed by atoms with Gasteiger partial charge in [-0.3, -0.25) is 9.59 Å².